The number of carbonyl (C=O) groups excluding carboxylic acids is 1. The molecule has 138 valence electrons. The summed E-state index contributed by atoms with van der Waals surface area (Å²) < 4.78 is 26.3. The van der Waals surface area contributed by atoms with Crippen molar-refractivity contribution in [1.29, 1.82) is 5.26 Å². The van der Waals surface area contributed by atoms with Crippen molar-refractivity contribution in [3.8, 4) is 6.07 Å². The highest BCUT2D eigenvalue weighted by molar-refractivity contribution is 7.99. The van der Waals surface area contributed by atoms with Crippen molar-refractivity contribution in [2.75, 3.05) is 0 Å². The van der Waals surface area contributed by atoms with E-state index in [1.165, 1.54) is 12.1 Å². The molecule has 1 atom stereocenters. The lowest BCUT2D eigenvalue weighted by atomic mass is 10.0. The molecule has 1 heterocycles. The Kier molecular flexibility index (Phi) is 5.09. The van der Waals surface area contributed by atoms with Gasteiger partial charge in [0, 0.05) is 12.5 Å². The molecular formula is C17H19N3O5S. The number of sulfonamides is 1. The molecule has 1 aromatic rings. The van der Waals surface area contributed by atoms with E-state index in [0.717, 1.165) is 10.4 Å². The predicted octanol–water partition coefficient (Wildman–Crippen LogP) is 1.70. The summed E-state index contributed by atoms with van der Waals surface area (Å²) >= 11 is 0. The van der Waals surface area contributed by atoms with Crippen LogP contribution in [-0.2, 0) is 21.2 Å². The molecule has 0 aliphatic carbocycles. The van der Waals surface area contributed by atoms with Gasteiger partial charge < -0.3 is 10.4 Å². The number of benzene rings is 1. The van der Waals surface area contributed by atoms with E-state index in [9.17, 15) is 18.0 Å². The van der Waals surface area contributed by atoms with Crippen molar-refractivity contribution in [3.05, 3.63) is 41.5 Å². The highest BCUT2D eigenvalue weighted by Gasteiger charge is 2.44. The van der Waals surface area contributed by atoms with Gasteiger partial charge in [0.15, 0.2) is 0 Å². The molecule has 0 radical (unpaired) electrons. The topological polar surface area (TPSA) is 128 Å². The summed E-state index contributed by atoms with van der Waals surface area (Å²) in [5.41, 5.74) is 0.133. The van der Waals surface area contributed by atoms with Crippen LogP contribution in [0.4, 0.5) is 4.79 Å². The quantitative estimate of drug-likeness (QED) is 0.822. The van der Waals surface area contributed by atoms with Gasteiger partial charge in [-0.05, 0) is 31.9 Å². The fourth-order valence-corrected chi connectivity index (χ4v) is 4.60. The maximum Gasteiger partial charge on any atom is 0.405 e. The molecule has 0 spiro atoms. The van der Waals surface area contributed by atoms with Gasteiger partial charge >= 0.3 is 6.09 Å². The SMILES string of the molecule is CC(C)(C)N1C(=O)C=C(c2ccc(CC(C#N)NC(=O)O)cc2)S1(=O)=O. The molecule has 0 saturated heterocycles. The molecule has 2 N–H and O–H groups in total. The first-order valence-corrected chi connectivity index (χ1v) is 9.20. The summed E-state index contributed by atoms with van der Waals surface area (Å²) in [6.07, 6.45) is -0.0575. The Morgan fingerprint density at radius 1 is 1.31 bits per heavy atom. The molecule has 8 nitrogen and oxygen atoms in total. The van der Waals surface area contributed by atoms with E-state index in [-0.39, 0.29) is 11.3 Å². The van der Waals surface area contributed by atoms with Crippen molar-refractivity contribution in [1.82, 2.24) is 9.62 Å². The molecule has 1 aromatic carbocycles. The molecule has 1 aliphatic heterocycles. The highest BCUT2D eigenvalue weighted by Crippen LogP contribution is 2.35. The van der Waals surface area contributed by atoms with E-state index in [1.807, 2.05) is 6.07 Å². The average molecular weight is 377 g/mol. The van der Waals surface area contributed by atoms with E-state index in [2.05, 4.69) is 5.32 Å². The Bertz CT molecular complexity index is 905. The summed E-state index contributed by atoms with van der Waals surface area (Å²) in [7, 11) is -3.94. The van der Waals surface area contributed by atoms with E-state index in [4.69, 9.17) is 10.4 Å². The zero-order valence-electron chi connectivity index (χ0n) is 14.6. The number of nitrogens with zero attached hydrogens (tertiary/aromatic N) is 2. The van der Waals surface area contributed by atoms with Gasteiger partial charge in [-0.1, -0.05) is 24.3 Å². The van der Waals surface area contributed by atoms with Crippen LogP contribution in [0.25, 0.3) is 4.91 Å². The second-order valence-corrected chi connectivity index (χ2v) is 8.57. The first-order chi connectivity index (χ1) is 12.0. The van der Waals surface area contributed by atoms with Crippen LogP contribution >= 0.6 is 0 Å². The van der Waals surface area contributed by atoms with Crippen LogP contribution in [0.15, 0.2) is 30.3 Å². The minimum absolute atomic E-state index is 0.0792. The van der Waals surface area contributed by atoms with E-state index in [0.29, 0.717) is 11.1 Å². The minimum Gasteiger partial charge on any atom is -0.465 e. The predicted molar refractivity (Wildman–Crippen MR) is 94.2 cm³/mol. The maximum atomic E-state index is 12.7. The van der Waals surface area contributed by atoms with Gasteiger partial charge in [-0.25, -0.2) is 17.5 Å². The van der Waals surface area contributed by atoms with Crippen molar-refractivity contribution in [2.24, 2.45) is 0 Å². The fraction of sp³-hybridized carbons (Fsp3) is 0.353. The fourth-order valence-electron chi connectivity index (χ4n) is 2.70. The van der Waals surface area contributed by atoms with Gasteiger partial charge in [0.1, 0.15) is 10.9 Å². The first-order valence-electron chi connectivity index (χ1n) is 7.76. The third-order valence-corrected chi connectivity index (χ3v) is 5.83. The Hall–Kier alpha value is -2.86. The Morgan fingerprint density at radius 3 is 2.31 bits per heavy atom. The van der Waals surface area contributed by atoms with Crippen LogP contribution in [-0.4, -0.2) is 41.4 Å². The molecule has 0 saturated carbocycles. The lowest BCUT2D eigenvalue weighted by Crippen LogP contribution is -2.45. The molecule has 0 bridgehead atoms. The molecule has 0 aromatic heterocycles. The van der Waals surface area contributed by atoms with Gasteiger partial charge in [-0.2, -0.15) is 5.26 Å². The summed E-state index contributed by atoms with van der Waals surface area (Å²) in [6, 6.07) is 7.20. The van der Waals surface area contributed by atoms with E-state index >= 15 is 0 Å². The molecular weight excluding hydrogens is 358 g/mol. The van der Waals surface area contributed by atoms with Gasteiger partial charge in [0.25, 0.3) is 15.9 Å². The van der Waals surface area contributed by atoms with Crippen LogP contribution in [0.2, 0.25) is 0 Å². The molecule has 1 aliphatic rings. The van der Waals surface area contributed by atoms with E-state index in [1.54, 1.807) is 32.9 Å². The lowest BCUT2D eigenvalue weighted by molar-refractivity contribution is -0.123. The van der Waals surface area contributed by atoms with Crippen LogP contribution in [0.5, 0.6) is 0 Å². The number of carboxylic acid groups (broad SMARTS) is 1. The second kappa shape index (κ2) is 6.80. The molecule has 0 fully saturated rings. The number of carbonyl (C=O) groups is 2. The van der Waals surface area contributed by atoms with E-state index < -0.39 is 33.6 Å². The summed E-state index contributed by atoms with van der Waals surface area (Å²) in [5, 5.41) is 19.7. The summed E-state index contributed by atoms with van der Waals surface area (Å²) in [4.78, 5) is 22.7. The number of amides is 2. The normalized spacial score (nSPS) is 17.4. The number of nitrogens with one attached hydrogen (secondary N) is 1. The number of nitriles is 1. The van der Waals surface area contributed by atoms with Gasteiger partial charge in [0.05, 0.1) is 11.6 Å². The Labute approximate surface area is 151 Å². The second-order valence-electron chi connectivity index (χ2n) is 6.82. The van der Waals surface area contributed by atoms with Gasteiger partial charge in [0.2, 0.25) is 0 Å². The van der Waals surface area contributed by atoms with Crippen molar-refractivity contribution >= 4 is 26.9 Å². The maximum absolute atomic E-state index is 12.7. The van der Waals surface area contributed by atoms with Crippen molar-refractivity contribution in [3.63, 3.8) is 0 Å². The molecule has 1 unspecified atom stereocenters. The Morgan fingerprint density at radius 2 is 1.88 bits per heavy atom. The minimum atomic E-state index is -3.94. The molecule has 2 amide bonds. The summed E-state index contributed by atoms with van der Waals surface area (Å²) in [5.74, 6) is -0.591. The number of hydrogen-bond acceptors (Lipinski definition) is 5. The highest BCUT2D eigenvalue weighted by atomic mass is 32.2. The standard InChI is InChI=1S/C17H19N3O5S/c1-17(2,3)20-15(21)9-14(26(20,24)25)12-6-4-11(5-7-12)8-13(10-18)19-16(22)23/h4-7,9,13,19H,8H2,1-3H3,(H,22,23). The van der Waals surface area contributed by atoms with Crippen LogP contribution < -0.4 is 5.32 Å². The van der Waals surface area contributed by atoms with Crippen LogP contribution in [0.3, 0.4) is 0 Å². The van der Waals surface area contributed by atoms with Gasteiger partial charge in [-0.3, -0.25) is 4.79 Å². The van der Waals surface area contributed by atoms with Crippen LogP contribution in [0.1, 0.15) is 31.9 Å². The van der Waals surface area contributed by atoms with Crippen molar-refractivity contribution < 1.29 is 23.1 Å². The number of rotatable bonds is 4. The monoisotopic (exact) mass is 377 g/mol. The van der Waals surface area contributed by atoms with Gasteiger partial charge in [-0.15, -0.1) is 0 Å². The molecule has 2 rings (SSSR count). The third kappa shape index (κ3) is 3.86. The smallest absolute Gasteiger partial charge is 0.405 e. The lowest BCUT2D eigenvalue weighted by Gasteiger charge is -2.30. The number of hydrogen-bond donors (Lipinski definition) is 2. The average Bonchev–Trinajstić information content (AvgIpc) is 2.75. The Balaban J connectivity index is 2.27. The largest absolute Gasteiger partial charge is 0.465 e. The zero-order chi connectivity index (χ0) is 19.7. The summed E-state index contributed by atoms with van der Waals surface area (Å²) in [6.45, 7) is 4.92. The first kappa shape index (κ1) is 19.5. The molecule has 26 heavy (non-hydrogen) atoms. The van der Waals surface area contributed by atoms with Crippen LogP contribution in [0, 0.1) is 11.3 Å². The molecule has 9 heteroatoms. The zero-order valence-corrected chi connectivity index (χ0v) is 15.4. The third-order valence-electron chi connectivity index (χ3n) is 3.71. The van der Waals surface area contributed by atoms with Crippen molar-refractivity contribution in [2.45, 2.75) is 38.8 Å².